The molecule has 0 aliphatic rings. The number of benzene rings is 3. The normalized spacial score (nSPS) is 10.7. The van der Waals surface area contributed by atoms with Crippen molar-refractivity contribution in [1.82, 2.24) is 0 Å². The van der Waals surface area contributed by atoms with Crippen LogP contribution >= 0.6 is 0 Å². The van der Waals surface area contributed by atoms with Crippen molar-refractivity contribution in [1.29, 1.82) is 0 Å². The molecule has 3 nitrogen and oxygen atoms in total. The number of aryl methyl sites for hydroxylation is 1. The minimum Gasteiger partial charge on any atom is -0.494 e. The van der Waals surface area contributed by atoms with Gasteiger partial charge in [-0.05, 0) is 72.4 Å². The summed E-state index contributed by atoms with van der Waals surface area (Å²) >= 11 is 0. The van der Waals surface area contributed by atoms with Crippen LogP contribution in [0.15, 0.2) is 72.8 Å². The first-order valence-electron chi connectivity index (χ1n) is 12.3. The quantitative estimate of drug-likeness (QED) is 0.151. The SMILES string of the molecule is CCCCCCCOc1ccc(-c2ccc(C(=O)Oc3ccc(CCCC)cc3)cc2)cc1. The summed E-state index contributed by atoms with van der Waals surface area (Å²) in [6.45, 7) is 5.18. The molecule has 3 aromatic carbocycles. The number of hydrogen-bond donors (Lipinski definition) is 0. The second kappa shape index (κ2) is 13.5. The summed E-state index contributed by atoms with van der Waals surface area (Å²) in [5, 5.41) is 0. The average molecular weight is 445 g/mol. The van der Waals surface area contributed by atoms with Gasteiger partial charge in [-0.3, -0.25) is 0 Å². The van der Waals surface area contributed by atoms with E-state index in [1.807, 2.05) is 60.7 Å². The molecule has 174 valence electrons. The maximum absolute atomic E-state index is 12.5. The molecule has 0 heterocycles. The van der Waals surface area contributed by atoms with Crippen LogP contribution in [0.4, 0.5) is 0 Å². The van der Waals surface area contributed by atoms with E-state index in [0.29, 0.717) is 11.3 Å². The zero-order valence-electron chi connectivity index (χ0n) is 20.0. The Kier molecular flexibility index (Phi) is 10.0. The number of hydrogen-bond acceptors (Lipinski definition) is 3. The summed E-state index contributed by atoms with van der Waals surface area (Å²) in [4.78, 5) is 12.5. The molecular weight excluding hydrogens is 408 g/mol. The van der Waals surface area contributed by atoms with Crippen LogP contribution in [0.1, 0.15) is 74.7 Å². The summed E-state index contributed by atoms with van der Waals surface area (Å²) in [5.74, 6) is 1.13. The highest BCUT2D eigenvalue weighted by molar-refractivity contribution is 5.91. The monoisotopic (exact) mass is 444 g/mol. The van der Waals surface area contributed by atoms with Crippen molar-refractivity contribution in [2.75, 3.05) is 6.61 Å². The number of unbranched alkanes of at least 4 members (excludes halogenated alkanes) is 5. The molecule has 3 aromatic rings. The lowest BCUT2D eigenvalue weighted by Gasteiger charge is -2.09. The zero-order valence-corrected chi connectivity index (χ0v) is 20.0. The summed E-state index contributed by atoms with van der Waals surface area (Å²) in [6.07, 6.45) is 9.57. The van der Waals surface area contributed by atoms with Crippen molar-refractivity contribution in [3.05, 3.63) is 83.9 Å². The maximum atomic E-state index is 12.5. The van der Waals surface area contributed by atoms with Gasteiger partial charge in [0, 0.05) is 0 Å². The first-order chi connectivity index (χ1) is 16.2. The van der Waals surface area contributed by atoms with Gasteiger partial charge in [-0.15, -0.1) is 0 Å². The third-order valence-corrected chi connectivity index (χ3v) is 5.78. The Hall–Kier alpha value is -3.07. The zero-order chi connectivity index (χ0) is 23.3. The highest BCUT2D eigenvalue weighted by Gasteiger charge is 2.09. The molecule has 0 atom stereocenters. The predicted molar refractivity (Wildman–Crippen MR) is 136 cm³/mol. The van der Waals surface area contributed by atoms with E-state index < -0.39 is 0 Å². The Labute approximate surface area is 198 Å². The highest BCUT2D eigenvalue weighted by atomic mass is 16.5. The summed E-state index contributed by atoms with van der Waals surface area (Å²) < 4.78 is 11.4. The number of esters is 1. The Balaban J connectivity index is 1.50. The van der Waals surface area contributed by atoms with E-state index in [9.17, 15) is 4.79 Å². The van der Waals surface area contributed by atoms with Crippen LogP contribution in [0.3, 0.4) is 0 Å². The molecule has 0 bridgehead atoms. The van der Waals surface area contributed by atoms with Crippen LogP contribution in [-0.2, 0) is 6.42 Å². The van der Waals surface area contributed by atoms with Gasteiger partial charge < -0.3 is 9.47 Å². The maximum Gasteiger partial charge on any atom is 0.343 e. The molecule has 0 aromatic heterocycles. The fraction of sp³-hybridized carbons (Fsp3) is 0.367. The minimum absolute atomic E-state index is 0.342. The van der Waals surface area contributed by atoms with E-state index in [0.717, 1.165) is 36.3 Å². The third-order valence-electron chi connectivity index (χ3n) is 5.78. The largest absolute Gasteiger partial charge is 0.494 e. The third kappa shape index (κ3) is 8.09. The molecular formula is C30H36O3. The van der Waals surface area contributed by atoms with Gasteiger partial charge in [0.2, 0.25) is 0 Å². The fourth-order valence-electron chi connectivity index (χ4n) is 3.71. The van der Waals surface area contributed by atoms with Crippen LogP contribution in [0, 0.1) is 0 Å². The highest BCUT2D eigenvalue weighted by Crippen LogP contribution is 2.24. The summed E-state index contributed by atoms with van der Waals surface area (Å²) in [6, 6.07) is 23.5. The van der Waals surface area contributed by atoms with Crippen molar-refractivity contribution in [3.63, 3.8) is 0 Å². The molecule has 0 unspecified atom stereocenters. The second-order valence-electron chi connectivity index (χ2n) is 8.50. The van der Waals surface area contributed by atoms with Crippen molar-refractivity contribution in [2.45, 2.75) is 65.2 Å². The Morgan fingerprint density at radius 3 is 1.85 bits per heavy atom. The van der Waals surface area contributed by atoms with Gasteiger partial charge in [-0.2, -0.15) is 0 Å². The second-order valence-corrected chi connectivity index (χ2v) is 8.50. The van der Waals surface area contributed by atoms with Crippen molar-refractivity contribution in [2.24, 2.45) is 0 Å². The average Bonchev–Trinajstić information content (AvgIpc) is 2.86. The molecule has 0 saturated heterocycles. The standard InChI is InChI=1S/C30H36O3/c1-3-5-7-8-9-23-32-28-21-17-26(18-22-28)25-13-15-27(16-14-25)30(31)33-29-19-11-24(12-20-29)10-6-4-2/h11-22H,3-10,23H2,1-2H3. The van der Waals surface area contributed by atoms with E-state index in [2.05, 4.69) is 26.0 Å². The molecule has 0 aliphatic carbocycles. The Bertz CT molecular complexity index is 957. The van der Waals surface area contributed by atoms with Gasteiger partial charge in [0.05, 0.1) is 12.2 Å². The summed E-state index contributed by atoms with van der Waals surface area (Å²) in [5.41, 5.74) is 3.95. The van der Waals surface area contributed by atoms with Crippen LogP contribution in [-0.4, -0.2) is 12.6 Å². The Morgan fingerprint density at radius 1 is 0.636 bits per heavy atom. The topological polar surface area (TPSA) is 35.5 Å². The molecule has 3 heteroatoms. The molecule has 0 N–H and O–H groups in total. The van der Waals surface area contributed by atoms with E-state index >= 15 is 0 Å². The summed E-state index contributed by atoms with van der Waals surface area (Å²) in [7, 11) is 0. The number of carbonyl (C=O) groups excluding carboxylic acids is 1. The van der Waals surface area contributed by atoms with Gasteiger partial charge in [-0.1, -0.05) is 82.3 Å². The van der Waals surface area contributed by atoms with E-state index in [4.69, 9.17) is 9.47 Å². The first kappa shape index (κ1) is 24.6. The van der Waals surface area contributed by atoms with E-state index in [1.54, 1.807) is 0 Å². The lowest BCUT2D eigenvalue weighted by Crippen LogP contribution is -2.08. The van der Waals surface area contributed by atoms with Gasteiger partial charge in [0.1, 0.15) is 11.5 Å². The molecule has 3 rings (SSSR count). The minimum atomic E-state index is -0.342. The van der Waals surface area contributed by atoms with Gasteiger partial charge >= 0.3 is 5.97 Å². The van der Waals surface area contributed by atoms with Crippen molar-refractivity contribution < 1.29 is 14.3 Å². The van der Waals surface area contributed by atoms with Gasteiger partial charge in [0.25, 0.3) is 0 Å². The van der Waals surface area contributed by atoms with Crippen LogP contribution in [0.25, 0.3) is 11.1 Å². The van der Waals surface area contributed by atoms with Crippen molar-refractivity contribution >= 4 is 5.97 Å². The van der Waals surface area contributed by atoms with Gasteiger partial charge in [-0.25, -0.2) is 4.79 Å². The molecule has 0 saturated carbocycles. The smallest absolute Gasteiger partial charge is 0.343 e. The van der Waals surface area contributed by atoms with Crippen LogP contribution < -0.4 is 9.47 Å². The van der Waals surface area contributed by atoms with Gasteiger partial charge in [0.15, 0.2) is 0 Å². The lowest BCUT2D eigenvalue weighted by atomic mass is 10.0. The molecule has 0 aliphatic heterocycles. The molecule has 33 heavy (non-hydrogen) atoms. The van der Waals surface area contributed by atoms with Crippen molar-refractivity contribution in [3.8, 4) is 22.6 Å². The van der Waals surface area contributed by atoms with E-state index in [-0.39, 0.29) is 5.97 Å². The number of carbonyl (C=O) groups is 1. The number of rotatable bonds is 13. The molecule has 0 amide bonds. The Morgan fingerprint density at radius 2 is 1.21 bits per heavy atom. The molecule has 0 fully saturated rings. The fourth-order valence-corrected chi connectivity index (χ4v) is 3.71. The first-order valence-corrected chi connectivity index (χ1v) is 12.3. The number of ether oxygens (including phenoxy) is 2. The van der Waals surface area contributed by atoms with E-state index in [1.165, 1.54) is 44.1 Å². The lowest BCUT2D eigenvalue weighted by molar-refractivity contribution is 0.0734. The van der Waals surface area contributed by atoms with Crippen LogP contribution in [0.2, 0.25) is 0 Å². The molecule has 0 radical (unpaired) electrons. The molecule has 0 spiro atoms. The van der Waals surface area contributed by atoms with Crippen LogP contribution in [0.5, 0.6) is 11.5 Å². The predicted octanol–water partition coefficient (Wildman–Crippen LogP) is 8.26.